The molecular weight excluding hydrogens is 445 g/mol. The quantitative estimate of drug-likeness (QED) is 0.166. The summed E-state index contributed by atoms with van der Waals surface area (Å²) < 4.78 is 5.86. The van der Waals surface area contributed by atoms with E-state index in [4.69, 9.17) is 37.6 Å². The number of halogens is 2. The van der Waals surface area contributed by atoms with Crippen LogP contribution in [-0.2, 0) is 4.84 Å². The van der Waals surface area contributed by atoms with Crippen LogP contribution in [-0.4, -0.2) is 13.2 Å². The highest BCUT2D eigenvalue weighted by Crippen LogP contribution is 2.38. The first-order valence-corrected chi connectivity index (χ1v) is 12.7. The van der Waals surface area contributed by atoms with Gasteiger partial charge in [-0.25, -0.2) is 4.84 Å². The molecule has 0 amide bonds. The predicted molar refractivity (Wildman–Crippen MR) is 135 cm³/mol. The number of anilines is 1. The monoisotopic (exact) mass is 481 g/mol. The molecule has 0 radical (unpaired) electrons. The molecule has 0 unspecified atom stereocenters. The lowest BCUT2D eigenvalue weighted by Gasteiger charge is -2.23. The minimum Gasteiger partial charge on any atom is -0.493 e. The first-order chi connectivity index (χ1) is 15.7. The van der Waals surface area contributed by atoms with Crippen LogP contribution in [0.3, 0.4) is 0 Å². The molecule has 0 atom stereocenters. The normalized spacial score (nSPS) is 10.9. The van der Waals surface area contributed by atoms with Gasteiger partial charge in [0.25, 0.3) is 0 Å². The highest BCUT2D eigenvalue weighted by molar-refractivity contribution is 6.37. The van der Waals surface area contributed by atoms with Crippen LogP contribution < -0.4 is 14.8 Å². The molecule has 2 aromatic carbocycles. The molecule has 0 fully saturated rings. The van der Waals surface area contributed by atoms with Crippen LogP contribution in [0.5, 0.6) is 11.5 Å². The molecule has 0 saturated heterocycles. The molecule has 0 heterocycles. The van der Waals surface area contributed by atoms with E-state index >= 15 is 0 Å². The summed E-state index contributed by atoms with van der Waals surface area (Å²) in [5.41, 5.74) is 0.739. The zero-order chi connectivity index (χ0) is 23.0. The highest BCUT2D eigenvalue weighted by Gasteiger charge is 2.16. The number of para-hydroxylation sites is 1. The Bertz CT molecular complexity index is 735. The molecule has 4 nitrogen and oxygen atoms in total. The van der Waals surface area contributed by atoms with Gasteiger partial charge in [-0.2, -0.15) is 0 Å². The Balaban J connectivity index is 1.75. The first-order valence-electron chi connectivity index (χ1n) is 11.9. The maximum atomic E-state index is 6.44. The largest absolute Gasteiger partial charge is 0.493 e. The summed E-state index contributed by atoms with van der Waals surface area (Å²) in [6.45, 7) is 5.23. The van der Waals surface area contributed by atoms with Gasteiger partial charge in [-0.05, 0) is 25.5 Å². The Labute approximate surface area is 203 Å². The SMILES string of the molecule is CCCCCCCCCCCCOc1cc(Cl)c(ON(OCC)c2ccccc2)c(Cl)c1. The summed E-state index contributed by atoms with van der Waals surface area (Å²) >= 11 is 12.9. The lowest BCUT2D eigenvalue weighted by molar-refractivity contribution is -0.0173. The molecule has 0 aromatic heterocycles. The smallest absolute Gasteiger partial charge is 0.195 e. The molecule has 0 bridgehead atoms. The van der Waals surface area contributed by atoms with Crippen molar-refractivity contribution in [3.05, 3.63) is 52.5 Å². The van der Waals surface area contributed by atoms with E-state index in [-0.39, 0.29) is 0 Å². The maximum Gasteiger partial charge on any atom is 0.195 e. The molecule has 0 saturated carbocycles. The van der Waals surface area contributed by atoms with Crippen LogP contribution in [0.2, 0.25) is 10.0 Å². The topological polar surface area (TPSA) is 30.9 Å². The van der Waals surface area contributed by atoms with Crippen LogP contribution in [0.1, 0.15) is 78.1 Å². The Morgan fingerprint density at radius 1 is 0.750 bits per heavy atom. The summed E-state index contributed by atoms with van der Waals surface area (Å²) in [6, 6.07) is 12.9. The average molecular weight is 482 g/mol. The number of hydrogen-bond donors (Lipinski definition) is 0. The number of hydrogen-bond acceptors (Lipinski definition) is 4. The molecular formula is C26H37Cl2NO3. The van der Waals surface area contributed by atoms with Crippen molar-refractivity contribution in [2.45, 2.75) is 78.1 Å². The number of unbranched alkanes of at least 4 members (excludes halogenated alkanes) is 9. The second kappa shape index (κ2) is 16.1. The summed E-state index contributed by atoms with van der Waals surface area (Å²) in [5.74, 6) is 0.975. The third-order valence-electron chi connectivity index (χ3n) is 5.13. The number of ether oxygens (including phenoxy) is 1. The van der Waals surface area contributed by atoms with Crippen molar-refractivity contribution in [2.24, 2.45) is 0 Å². The van der Waals surface area contributed by atoms with Crippen LogP contribution in [0.25, 0.3) is 0 Å². The third kappa shape index (κ3) is 9.89. The van der Waals surface area contributed by atoms with Gasteiger partial charge in [0.1, 0.15) is 11.4 Å². The second-order valence-electron chi connectivity index (χ2n) is 7.85. The number of nitrogens with zero attached hydrogens (tertiary/aromatic N) is 1. The van der Waals surface area contributed by atoms with Crippen molar-refractivity contribution in [2.75, 3.05) is 18.4 Å². The first kappa shape index (κ1) is 26.6. The van der Waals surface area contributed by atoms with E-state index < -0.39 is 0 Å². The Kier molecular flexibility index (Phi) is 13.4. The van der Waals surface area contributed by atoms with Gasteiger partial charge in [0.05, 0.1) is 23.3 Å². The molecule has 2 aromatic rings. The van der Waals surface area contributed by atoms with E-state index in [1.165, 1.54) is 63.0 Å². The molecule has 0 spiro atoms. The summed E-state index contributed by atoms with van der Waals surface area (Å²) in [6.07, 6.45) is 12.9. The molecule has 0 aliphatic carbocycles. The zero-order valence-electron chi connectivity index (χ0n) is 19.5. The van der Waals surface area contributed by atoms with Gasteiger partial charge in [0.2, 0.25) is 0 Å². The lowest BCUT2D eigenvalue weighted by atomic mass is 10.1. The van der Waals surface area contributed by atoms with Crippen molar-refractivity contribution in [1.82, 2.24) is 0 Å². The molecule has 32 heavy (non-hydrogen) atoms. The van der Waals surface area contributed by atoms with E-state index in [1.807, 2.05) is 37.3 Å². The molecule has 6 heteroatoms. The van der Waals surface area contributed by atoms with E-state index in [0.29, 0.717) is 34.8 Å². The van der Waals surface area contributed by atoms with E-state index in [0.717, 1.165) is 12.1 Å². The fourth-order valence-corrected chi connectivity index (χ4v) is 3.93. The summed E-state index contributed by atoms with van der Waals surface area (Å²) in [5, 5.41) is 2.06. The second-order valence-corrected chi connectivity index (χ2v) is 8.66. The molecule has 0 aliphatic heterocycles. The number of benzene rings is 2. The highest BCUT2D eigenvalue weighted by atomic mass is 35.5. The van der Waals surface area contributed by atoms with Crippen molar-refractivity contribution in [1.29, 1.82) is 0 Å². The Hall–Kier alpha value is -1.62. The van der Waals surface area contributed by atoms with Gasteiger partial charge in [-0.3, -0.25) is 0 Å². The van der Waals surface area contributed by atoms with Crippen LogP contribution in [0.15, 0.2) is 42.5 Å². The minimum absolute atomic E-state index is 0.330. The fraction of sp³-hybridized carbons (Fsp3) is 0.538. The lowest BCUT2D eigenvalue weighted by Crippen LogP contribution is -2.27. The van der Waals surface area contributed by atoms with Crippen molar-refractivity contribution >= 4 is 28.9 Å². The summed E-state index contributed by atoms with van der Waals surface area (Å²) in [4.78, 5) is 11.4. The Morgan fingerprint density at radius 3 is 1.88 bits per heavy atom. The number of rotatable bonds is 17. The molecule has 2 rings (SSSR count). The average Bonchev–Trinajstić information content (AvgIpc) is 2.79. The van der Waals surface area contributed by atoms with Gasteiger partial charge < -0.3 is 9.57 Å². The van der Waals surface area contributed by atoms with Gasteiger partial charge in [0, 0.05) is 12.1 Å². The molecule has 0 aliphatic rings. The van der Waals surface area contributed by atoms with Gasteiger partial charge >= 0.3 is 0 Å². The van der Waals surface area contributed by atoms with Gasteiger partial charge in [-0.15, -0.1) is 0 Å². The van der Waals surface area contributed by atoms with Crippen molar-refractivity contribution in [3.8, 4) is 11.5 Å². The van der Waals surface area contributed by atoms with E-state index in [9.17, 15) is 0 Å². The van der Waals surface area contributed by atoms with E-state index in [1.54, 1.807) is 12.1 Å². The third-order valence-corrected chi connectivity index (χ3v) is 5.69. The Morgan fingerprint density at radius 2 is 1.31 bits per heavy atom. The van der Waals surface area contributed by atoms with Gasteiger partial charge in [-0.1, -0.05) is 111 Å². The van der Waals surface area contributed by atoms with Crippen LogP contribution >= 0.6 is 23.2 Å². The van der Waals surface area contributed by atoms with Crippen LogP contribution in [0.4, 0.5) is 5.69 Å². The predicted octanol–water partition coefficient (Wildman–Crippen LogP) is 9.05. The summed E-state index contributed by atoms with van der Waals surface area (Å²) in [7, 11) is 0. The van der Waals surface area contributed by atoms with Crippen molar-refractivity contribution in [3.63, 3.8) is 0 Å². The van der Waals surface area contributed by atoms with Crippen LogP contribution in [0, 0.1) is 0 Å². The van der Waals surface area contributed by atoms with E-state index in [2.05, 4.69) is 6.92 Å². The molecule has 0 N–H and O–H groups in total. The standard InChI is InChI=1S/C26H37Cl2NO3/c1-3-5-6-7-8-9-10-11-12-16-19-30-23-20-24(27)26(25(28)21-23)32-29(31-4-2)22-17-14-13-15-18-22/h13-15,17-18,20-21H,3-12,16,19H2,1-2H3. The molecule has 178 valence electrons. The van der Waals surface area contributed by atoms with Crippen molar-refractivity contribution < 1.29 is 14.4 Å². The van der Waals surface area contributed by atoms with Gasteiger partial charge in [0.15, 0.2) is 5.75 Å². The zero-order valence-corrected chi connectivity index (χ0v) is 21.0. The maximum absolute atomic E-state index is 6.44. The minimum atomic E-state index is 0.330. The fourth-order valence-electron chi connectivity index (χ4n) is 3.39.